The highest BCUT2D eigenvalue weighted by Gasteiger charge is 2.31. The Balaban J connectivity index is 1.54. The van der Waals surface area contributed by atoms with Gasteiger partial charge in [-0.25, -0.2) is 38.3 Å². The van der Waals surface area contributed by atoms with Crippen molar-refractivity contribution in [3.63, 3.8) is 0 Å². The first-order valence-corrected chi connectivity index (χ1v) is 14.6. The van der Waals surface area contributed by atoms with Crippen LogP contribution in [0.1, 0.15) is 68.9 Å². The molecular weight excluding hydrogens is 518 g/mol. The second kappa shape index (κ2) is 10.3. The molecule has 0 bridgehead atoms. The van der Waals surface area contributed by atoms with E-state index in [0.717, 1.165) is 24.1 Å². The largest absolute Gasteiger partial charge is 0.368 e. The third kappa shape index (κ3) is 5.18. The van der Waals surface area contributed by atoms with Crippen molar-refractivity contribution in [3.05, 3.63) is 51.8 Å². The van der Waals surface area contributed by atoms with Crippen LogP contribution in [0.15, 0.2) is 34.3 Å². The van der Waals surface area contributed by atoms with Gasteiger partial charge in [0.25, 0.3) is 5.56 Å². The fraction of sp³-hybridized carbons (Fsp3) is 0.423. The summed E-state index contributed by atoms with van der Waals surface area (Å²) in [4.78, 5) is 40.5. The molecule has 12 nitrogen and oxygen atoms in total. The molecule has 1 saturated carbocycles. The van der Waals surface area contributed by atoms with E-state index in [-0.39, 0.29) is 40.7 Å². The lowest BCUT2D eigenvalue weighted by Gasteiger charge is -2.18. The lowest BCUT2D eigenvalue weighted by molar-refractivity contribution is 0.526. The normalized spacial score (nSPS) is 14.5. The van der Waals surface area contributed by atoms with E-state index < -0.39 is 9.84 Å². The van der Waals surface area contributed by atoms with E-state index in [0.29, 0.717) is 40.6 Å². The fourth-order valence-electron chi connectivity index (χ4n) is 4.41. The fourth-order valence-corrected chi connectivity index (χ4v) is 5.19. The molecule has 1 atom stereocenters. The Hall–Kier alpha value is -4.00. The van der Waals surface area contributed by atoms with Gasteiger partial charge < -0.3 is 11.1 Å². The minimum absolute atomic E-state index is 0.0235. The summed E-state index contributed by atoms with van der Waals surface area (Å²) < 4.78 is 25.7. The molecule has 1 aliphatic rings. The predicted molar refractivity (Wildman–Crippen MR) is 148 cm³/mol. The number of anilines is 2. The summed E-state index contributed by atoms with van der Waals surface area (Å²) in [6.45, 7) is 7.62. The van der Waals surface area contributed by atoms with Crippen LogP contribution in [0.3, 0.4) is 0 Å². The smallest absolute Gasteiger partial charge is 0.295 e. The molecule has 4 aromatic rings. The van der Waals surface area contributed by atoms with Crippen LogP contribution in [-0.2, 0) is 16.4 Å². The van der Waals surface area contributed by atoms with Gasteiger partial charge in [0.2, 0.25) is 5.95 Å². The maximum absolute atomic E-state index is 13.6. The number of aryl methyl sites for hydroxylation is 1. The summed E-state index contributed by atoms with van der Waals surface area (Å²) in [7, 11) is -3.39. The van der Waals surface area contributed by atoms with Crippen LogP contribution in [0, 0.1) is 6.92 Å². The Labute approximate surface area is 226 Å². The zero-order chi connectivity index (χ0) is 27.9. The lowest BCUT2D eigenvalue weighted by Crippen LogP contribution is -2.28. The van der Waals surface area contributed by atoms with Crippen molar-refractivity contribution in [2.24, 2.45) is 0 Å². The number of nitrogens with two attached hydrogens (primary N) is 1. The topological polar surface area (TPSA) is 172 Å². The van der Waals surface area contributed by atoms with Gasteiger partial charge in [0, 0.05) is 24.7 Å². The number of nitrogen functional groups attached to an aromatic ring is 1. The first kappa shape index (κ1) is 26.6. The van der Waals surface area contributed by atoms with Crippen molar-refractivity contribution in [1.29, 1.82) is 0 Å². The van der Waals surface area contributed by atoms with E-state index in [1.54, 1.807) is 23.8 Å². The molecule has 4 aromatic heterocycles. The van der Waals surface area contributed by atoms with Crippen molar-refractivity contribution in [2.75, 3.05) is 16.8 Å². The second-order valence-electron chi connectivity index (χ2n) is 9.76. The average Bonchev–Trinajstić information content (AvgIpc) is 3.77. The third-order valence-electron chi connectivity index (χ3n) is 6.94. The summed E-state index contributed by atoms with van der Waals surface area (Å²) in [5.74, 6) is 1.09. The van der Waals surface area contributed by atoms with Gasteiger partial charge in [0.15, 0.2) is 32.2 Å². The Bertz CT molecular complexity index is 1720. The first-order valence-electron chi connectivity index (χ1n) is 13.0. The van der Waals surface area contributed by atoms with E-state index in [2.05, 4.69) is 30.2 Å². The predicted octanol–water partition coefficient (Wildman–Crippen LogP) is 3.18. The molecule has 0 aliphatic heterocycles. The first-order chi connectivity index (χ1) is 18.6. The molecule has 0 saturated heterocycles. The molecule has 39 heavy (non-hydrogen) atoms. The number of fused-ring (bicyclic) bond motifs is 1. The van der Waals surface area contributed by atoms with Crippen molar-refractivity contribution < 1.29 is 8.42 Å². The van der Waals surface area contributed by atoms with Crippen LogP contribution < -0.4 is 16.6 Å². The molecule has 0 amide bonds. The number of hydrogen-bond donors (Lipinski definition) is 2. The van der Waals surface area contributed by atoms with Gasteiger partial charge in [-0.15, -0.1) is 0 Å². The summed E-state index contributed by atoms with van der Waals surface area (Å²) in [6, 6.07) is 2.98. The molecular formula is C26H31N9O3S. The summed E-state index contributed by atoms with van der Waals surface area (Å²) in [6.07, 6.45) is 5.84. The number of pyridine rings is 1. The minimum atomic E-state index is -3.39. The molecule has 13 heteroatoms. The monoisotopic (exact) mass is 549 g/mol. The van der Waals surface area contributed by atoms with E-state index >= 15 is 0 Å². The van der Waals surface area contributed by atoms with Crippen LogP contribution in [0.5, 0.6) is 0 Å². The molecule has 0 spiro atoms. The molecule has 1 unspecified atom stereocenters. The van der Waals surface area contributed by atoms with Crippen molar-refractivity contribution in [2.45, 2.75) is 70.5 Å². The van der Waals surface area contributed by atoms with E-state index in [1.807, 2.05) is 20.8 Å². The average molecular weight is 550 g/mol. The van der Waals surface area contributed by atoms with E-state index in [4.69, 9.17) is 10.7 Å². The van der Waals surface area contributed by atoms with Gasteiger partial charge in [-0.2, -0.15) is 0 Å². The van der Waals surface area contributed by atoms with Crippen LogP contribution in [0.4, 0.5) is 11.8 Å². The van der Waals surface area contributed by atoms with Crippen LogP contribution in [0.2, 0.25) is 0 Å². The van der Waals surface area contributed by atoms with E-state index in [9.17, 15) is 13.2 Å². The molecule has 4 heterocycles. The quantitative estimate of drug-likeness (QED) is 0.314. The van der Waals surface area contributed by atoms with Crippen molar-refractivity contribution >= 4 is 32.8 Å². The van der Waals surface area contributed by atoms with Gasteiger partial charge in [-0.1, -0.05) is 19.9 Å². The van der Waals surface area contributed by atoms with Crippen molar-refractivity contribution in [1.82, 2.24) is 34.5 Å². The molecule has 0 radical (unpaired) electrons. The van der Waals surface area contributed by atoms with Crippen molar-refractivity contribution in [3.8, 4) is 11.4 Å². The second-order valence-corrected chi connectivity index (χ2v) is 12.0. The highest BCUT2D eigenvalue weighted by molar-refractivity contribution is 7.91. The van der Waals surface area contributed by atoms with Crippen LogP contribution >= 0.6 is 0 Å². The SMILES string of the molecule is CCC(C)n1c(=O)c(NCc2ccc(S(=O)(=O)CC)nc2)nc2cnc(-c3c(C)nc(N)nc3C3CC3)nc21. The van der Waals surface area contributed by atoms with Gasteiger partial charge in [0.1, 0.15) is 5.52 Å². The molecule has 3 N–H and O–H groups in total. The molecule has 1 fully saturated rings. The number of nitrogens with zero attached hydrogens (tertiary/aromatic N) is 7. The number of rotatable bonds is 9. The Morgan fingerprint density at radius 1 is 1.10 bits per heavy atom. The lowest BCUT2D eigenvalue weighted by atomic mass is 10.1. The maximum Gasteiger partial charge on any atom is 0.295 e. The Morgan fingerprint density at radius 2 is 1.87 bits per heavy atom. The zero-order valence-corrected chi connectivity index (χ0v) is 23.2. The summed E-state index contributed by atoms with van der Waals surface area (Å²) in [5, 5.41) is 3.11. The van der Waals surface area contributed by atoms with Gasteiger partial charge in [-0.3, -0.25) is 9.36 Å². The molecule has 1 aliphatic carbocycles. The van der Waals surface area contributed by atoms with Crippen LogP contribution in [-0.4, -0.2) is 48.6 Å². The highest BCUT2D eigenvalue weighted by Crippen LogP contribution is 2.43. The van der Waals surface area contributed by atoms with Gasteiger partial charge >= 0.3 is 0 Å². The third-order valence-corrected chi connectivity index (χ3v) is 8.58. The minimum Gasteiger partial charge on any atom is -0.368 e. The highest BCUT2D eigenvalue weighted by atomic mass is 32.2. The standard InChI is InChI=1S/C26H31N9O3S/c1-5-14(3)35-24-18(13-30-22(34-24)20-15(4)31-26(27)33-21(20)17-8-9-17)32-23(25(35)36)29-12-16-7-10-19(28-11-16)39(37,38)6-2/h7,10-11,13-14,17H,5-6,8-9,12H2,1-4H3,(H,29,32)(H2,27,31,33). The van der Waals surface area contributed by atoms with E-state index in [1.165, 1.54) is 12.3 Å². The number of aromatic nitrogens is 7. The van der Waals surface area contributed by atoms with Gasteiger partial charge in [-0.05, 0) is 44.7 Å². The van der Waals surface area contributed by atoms with Gasteiger partial charge in [0.05, 0.1) is 28.9 Å². The van der Waals surface area contributed by atoms with Crippen LogP contribution in [0.25, 0.3) is 22.6 Å². The summed E-state index contributed by atoms with van der Waals surface area (Å²) in [5.41, 5.74) is 9.50. The maximum atomic E-state index is 13.6. The number of nitrogens with one attached hydrogen (secondary N) is 1. The Kier molecular flexibility index (Phi) is 7.02. The molecule has 204 valence electrons. The number of sulfone groups is 1. The summed E-state index contributed by atoms with van der Waals surface area (Å²) >= 11 is 0. The molecule has 0 aromatic carbocycles. The number of hydrogen-bond acceptors (Lipinski definition) is 11. The molecule has 5 rings (SSSR count). The Morgan fingerprint density at radius 3 is 2.51 bits per heavy atom. The zero-order valence-electron chi connectivity index (χ0n) is 22.3.